The number of hydrogen-bond donors (Lipinski definition) is 1. The molecular weight excluding hydrogens is 256 g/mol. The van der Waals surface area contributed by atoms with Crippen molar-refractivity contribution >= 4 is 27.4 Å². The Kier molecular flexibility index (Phi) is 3.41. The summed E-state index contributed by atoms with van der Waals surface area (Å²) in [5.74, 6) is 1.60. The van der Waals surface area contributed by atoms with Crippen molar-refractivity contribution in [1.29, 1.82) is 0 Å². The molecule has 3 heterocycles. The summed E-state index contributed by atoms with van der Waals surface area (Å²) in [6.45, 7) is 6.39. The molecule has 0 amide bonds. The van der Waals surface area contributed by atoms with Gasteiger partial charge in [0.2, 0.25) is 0 Å². The Morgan fingerprint density at radius 3 is 3.05 bits per heavy atom. The second kappa shape index (κ2) is 5.06. The van der Waals surface area contributed by atoms with Crippen LogP contribution in [-0.4, -0.2) is 29.1 Å². The zero-order valence-corrected chi connectivity index (χ0v) is 12.3. The highest BCUT2D eigenvalue weighted by atomic mass is 32.1. The van der Waals surface area contributed by atoms with Gasteiger partial charge in [-0.15, -0.1) is 11.3 Å². The van der Waals surface area contributed by atoms with Crippen LogP contribution in [0.5, 0.6) is 0 Å². The molecule has 3 rings (SSSR count). The third kappa shape index (κ3) is 2.32. The van der Waals surface area contributed by atoms with Crippen LogP contribution in [0.15, 0.2) is 12.4 Å². The van der Waals surface area contributed by atoms with Crippen LogP contribution in [0.3, 0.4) is 0 Å². The van der Waals surface area contributed by atoms with Gasteiger partial charge >= 0.3 is 0 Å². The number of fused-ring (bicyclic) bond motifs is 1. The Labute approximate surface area is 117 Å². The average molecular weight is 276 g/mol. The molecule has 2 atom stereocenters. The molecule has 2 unspecified atom stereocenters. The van der Waals surface area contributed by atoms with Gasteiger partial charge in [0.1, 0.15) is 17.0 Å². The van der Waals surface area contributed by atoms with Crippen LogP contribution in [0.1, 0.15) is 25.1 Å². The molecule has 1 aliphatic rings. The highest BCUT2D eigenvalue weighted by Crippen LogP contribution is 2.32. The third-order valence-corrected chi connectivity index (χ3v) is 5.17. The topological polar surface area (TPSA) is 55.0 Å². The van der Waals surface area contributed by atoms with Crippen molar-refractivity contribution in [2.45, 2.75) is 32.7 Å². The largest absolute Gasteiger partial charge is 0.356 e. The second-order valence-electron chi connectivity index (χ2n) is 5.36. The zero-order valence-electron chi connectivity index (χ0n) is 11.5. The summed E-state index contributed by atoms with van der Waals surface area (Å²) in [6.07, 6.45) is 3.78. The highest BCUT2D eigenvalue weighted by molar-refractivity contribution is 7.18. The van der Waals surface area contributed by atoms with Crippen LogP contribution in [0.25, 0.3) is 10.2 Å². The molecule has 0 radical (unpaired) electrons. The molecule has 4 nitrogen and oxygen atoms in total. The zero-order chi connectivity index (χ0) is 13.4. The van der Waals surface area contributed by atoms with E-state index in [0.717, 1.165) is 36.6 Å². The fourth-order valence-corrected chi connectivity index (χ4v) is 3.60. The molecule has 0 aromatic carbocycles. The number of nitrogens with zero attached hydrogens (tertiary/aromatic N) is 3. The van der Waals surface area contributed by atoms with E-state index in [1.807, 2.05) is 0 Å². The predicted molar refractivity (Wildman–Crippen MR) is 80.8 cm³/mol. The van der Waals surface area contributed by atoms with Crippen molar-refractivity contribution in [2.75, 3.05) is 18.0 Å². The lowest BCUT2D eigenvalue weighted by Crippen LogP contribution is -2.46. The molecule has 1 saturated heterocycles. The van der Waals surface area contributed by atoms with E-state index < -0.39 is 0 Å². The molecule has 1 fully saturated rings. The number of thiophene rings is 1. The van der Waals surface area contributed by atoms with Gasteiger partial charge in [0.05, 0.1) is 5.39 Å². The van der Waals surface area contributed by atoms with E-state index in [1.165, 1.54) is 10.3 Å². The van der Waals surface area contributed by atoms with Gasteiger partial charge in [0.15, 0.2) is 0 Å². The summed E-state index contributed by atoms with van der Waals surface area (Å²) < 4.78 is 0. The van der Waals surface area contributed by atoms with Crippen LogP contribution in [0.4, 0.5) is 5.82 Å². The predicted octanol–water partition coefficient (Wildman–Crippen LogP) is 2.43. The Morgan fingerprint density at radius 2 is 2.32 bits per heavy atom. The number of anilines is 1. The van der Waals surface area contributed by atoms with Crippen molar-refractivity contribution in [1.82, 2.24) is 9.97 Å². The van der Waals surface area contributed by atoms with Gasteiger partial charge in [-0.25, -0.2) is 9.97 Å². The molecule has 2 N–H and O–H groups in total. The monoisotopic (exact) mass is 276 g/mol. The molecular formula is C14H20N4S. The van der Waals surface area contributed by atoms with E-state index >= 15 is 0 Å². The lowest BCUT2D eigenvalue weighted by molar-refractivity contribution is 0.382. The maximum atomic E-state index is 6.10. The normalized spacial score (nSPS) is 24.1. The summed E-state index contributed by atoms with van der Waals surface area (Å²) in [5, 5.41) is 1.20. The first kappa shape index (κ1) is 12.8. The number of piperidine rings is 1. The highest BCUT2D eigenvalue weighted by Gasteiger charge is 2.25. The third-order valence-electron chi connectivity index (χ3n) is 3.98. The van der Waals surface area contributed by atoms with E-state index in [1.54, 1.807) is 17.7 Å². The summed E-state index contributed by atoms with van der Waals surface area (Å²) in [6, 6.07) is 2.57. The maximum Gasteiger partial charge on any atom is 0.140 e. The maximum absolute atomic E-state index is 6.10. The number of aryl methyl sites for hydroxylation is 1. The molecule has 19 heavy (non-hydrogen) atoms. The van der Waals surface area contributed by atoms with Crippen molar-refractivity contribution in [3.63, 3.8) is 0 Å². The summed E-state index contributed by atoms with van der Waals surface area (Å²) in [7, 11) is 0. The average Bonchev–Trinajstić information content (AvgIpc) is 2.85. The molecule has 0 saturated carbocycles. The van der Waals surface area contributed by atoms with E-state index in [9.17, 15) is 0 Å². The summed E-state index contributed by atoms with van der Waals surface area (Å²) in [5.41, 5.74) is 6.10. The Bertz CT molecular complexity index is 580. The molecule has 102 valence electrons. The van der Waals surface area contributed by atoms with E-state index in [0.29, 0.717) is 12.0 Å². The molecule has 0 aliphatic carbocycles. The minimum Gasteiger partial charge on any atom is -0.356 e. The van der Waals surface area contributed by atoms with Crippen molar-refractivity contribution in [2.24, 2.45) is 11.7 Å². The van der Waals surface area contributed by atoms with Crippen LogP contribution in [-0.2, 0) is 6.42 Å². The number of nitrogens with two attached hydrogens (primary N) is 1. The summed E-state index contributed by atoms with van der Waals surface area (Å²) >= 11 is 1.77. The van der Waals surface area contributed by atoms with Crippen LogP contribution in [0.2, 0.25) is 0 Å². The fraction of sp³-hybridized carbons (Fsp3) is 0.571. The standard InChI is InChI=1S/C14H20N4S/c1-3-10-6-11-13(16-8-17-14(11)19-10)18-5-4-12(15)9(2)7-18/h6,8-9,12H,3-5,7,15H2,1-2H3. The quantitative estimate of drug-likeness (QED) is 0.915. The molecule has 2 aromatic rings. The minimum atomic E-state index is 0.322. The number of rotatable bonds is 2. The SMILES string of the molecule is CCc1cc2c(N3CCC(N)C(C)C3)ncnc2s1. The molecule has 0 bridgehead atoms. The number of hydrogen-bond acceptors (Lipinski definition) is 5. The first-order chi connectivity index (χ1) is 9.19. The first-order valence-corrected chi connectivity index (χ1v) is 7.74. The van der Waals surface area contributed by atoms with Crippen molar-refractivity contribution in [3.8, 4) is 0 Å². The lowest BCUT2D eigenvalue weighted by atomic mass is 9.95. The van der Waals surface area contributed by atoms with Gasteiger partial charge in [-0.1, -0.05) is 13.8 Å². The second-order valence-corrected chi connectivity index (χ2v) is 6.47. The molecule has 2 aromatic heterocycles. The van der Waals surface area contributed by atoms with E-state index in [2.05, 4.69) is 34.8 Å². The van der Waals surface area contributed by atoms with Gasteiger partial charge in [0.25, 0.3) is 0 Å². The van der Waals surface area contributed by atoms with Crippen LogP contribution >= 0.6 is 11.3 Å². The summed E-state index contributed by atoms with van der Waals surface area (Å²) in [4.78, 5) is 13.8. The van der Waals surface area contributed by atoms with E-state index in [-0.39, 0.29) is 0 Å². The van der Waals surface area contributed by atoms with Crippen molar-refractivity contribution < 1.29 is 0 Å². The molecule has 5 heteroatoms. The lowest BCUT2D eigenvalue weighted by Gasteiger charge is -2.36. The van der Waals surface area contributed by atoms with Crippen LogP contribution < -0.4 is 10.6 Å². The smallest absolute Gasteiger partial charge is 0.140 e. The van der Waals surface area contributed by atoms with Crippen LogP contribution in [0, 0.1) is 5.92 Å². The van der Waals surface area contributed by atoms with Gasteiger partial charge in [-0.2, -0.15) is 0 Å². The number of aromatic nitrogens is 2. The van der Waals surface area contributed by atoms with Gasteiger partial charge in [-0.05, 0) is 24.8 Å². The van der Waals surface area contributed by atoms with Gasteiger partial charge in [-0.3, -0.25) is 0 Å². The Hall–Kier alpha value is -1.20. The Balaban J connectivity index is 1.98. The molecule has 0 spiro atoms. The van der Waals surface area contributed by atoms with Crippen molar-refractivity contribution in [3.05, 3.63) is 17.3 Å². The molecule has 1 aliphatic heterocycles. The Morgan fingerprint density at radius 1 is 1.47 bits per heavy atom. The minimum absolute atomic E-state index is 0.322. The first-order valence-electron chi connectivity index (χ1n) is 6.93. The van der Waals surface area contributed by atoms with Gasteiger partial charge < -0.3 is 10.6 Å². The van der Waals surface area contributed by atoms with Gasteiger partial charge in [0, 0.05) is 24.0 Å². The van der Waals surface area contributed by atoms with E-state index in [4.69, 9.17) is 5.73 Å². The fourth-order valence-electron chi connectivity index (χ4n) is 2.68.